The van der Waals surface area contributed by atoms with Crippen molar-refractivity contribution in [2.45, 2.75) is 63.1 Å². The van der Waals surface area contributed by atoms with Gasteiger partial charge in [-0.15, -0.1) is 0 Å². The summed E-state index contributed by atoms with van der Waals surface area (Å²) in [6.07, 6.45) is 6.85. The monoisotopic (exact) mass is 473 g/mol. The molecule has 2 aliphatic rings. The number of nitrogens with two attached hydrogens (primary N) is 1. The Morgan fingerprint density at radius 1 is 1.09 bits per heavy atom. The van der Waals surface area contributed by atoms with Gasteiger partial charge < -0.3 is 20.9 Å². The summed E-state index contributed by atoms with van der Waals surface area (Å²) in [6, 6.07) is 15.5. The molecule has 0 saturated heterocycles. The van der Waals surface area contributed by atoms with E-state index >= 15 is 0 Å². The molecule has 2 heterocycles. The SMILES string of the molecule is CC1CC(NC(=O)[C@@H]2CCCC[C@@H]2NC(=O)c2cc3ccccc3n2C)CC1(N)c1ccccn1. The van der Waals surface area contributed by atoms with Crippen molar-refractivity contribution in [2.75, 3.05) is 0 Å². The van der Waals surface area contributed by atoms with E-state index in [-0.39, 0.29) is 35.7 Å². The van der Waals surface area contributed by atoms with Crippen LogP contribution < -0.4 is 16.4 Å². The maximum absolute atomic E-state index is 13.4. The van der Waals surface area contributed by atoms with Crippen molar-refractivity contribution in [3.05, 3.63) is 66.1 Å². The number of para-hydroxylation sites is 1. The van der Waals surface area contributed by atoms with Gasteiger partial charge in [0.1, 0.15) is 5.69 Å². The number of aromatic nitrogens is 2. The van der Waals surface area contributed by atoms with Gasteiger partial charge >= 0.3 is 0 Å². The van der Waals surface area contributed by atoms with E-state index in [9.17, 15) is 9.59 Å². The van der Waals surface area contributed by atoms with Crippen molar-refractivity contribution in [1.82, 2.24) is 20.2 Å². The lowest BCUT2D eigenvalue weighted by molar-refractivity contribution is -0.127. The number of amides is 2. The highest BCUT2D eigenvalue weighted by atomic mass is 16.2. The minimum Gasteiger partial charge on any atom is -0.353 e. The van der Waals surface area contributed by atoms with Gasteiger partial charge in [-0.05, 0) is 55.9 Å². The molecule has 0 radical (unpaired) electrons. The highest BCUT2D eigenvalue weighted by Gasteiger charge is 2.45. The summed E-state index contributed by atoms with van der Waals surface area (Å²) in [4.78, 5) is 31.1. The van der Waals surface area contributed by atoms with Crippen LogP contribution in [0.15, 0.2) is 54.7 Å². The van der Waals surface area contributed by atoms with E-state index < -0.39 is 5.54 Å². The van der Waals surface area contributed by atoms with E-state index in [2.05, 4.69) is 22.5 Å². The van der Waals surface area contributed by atoms with Crippen LogP contribution in [0.4, 0.5) is 0 Å². The highest BCUT2D eigenvalue weighted by molar-refractivity contribution is 5.99. The zero-order valence-electron chi connectivity index (χ0n) is 20.5. The van der Waals surface area contributed by atoms with E-state index in [0.717, 1.165) is 48.7 Å². The molecule has 0 spiro atoms. The molecule has 0 aliphatic heterocycles. The van der Waals surface area contributed by atoms with Gasteiger partial charge in [0.05, 0.1) is 17.2 Å². The minimum absolute atomic E-state index is 0.000886. The Bertz CT molecular complexity index is 1220. The van der Waals surface area contributed by atoms with E-state index in [1.807, 2.05) is 60.1 Å². The molecule has 1 aromatic carbocycles. The predicted molar refractivity (Wildman–Crippen MR) is 137 cm³/mol. The first-order valence-corrected chi connectivity index (χ1v) is 12.7. The van der Waals surface area contributed by atoms with Crippen LogP contribution in [-0.4, -0.2) is 33.4 Å². The molecule has 2 amide bonds. The smallest absolute Gasteiger partial charge is 0.268 e. The van der Waals surface area contributed by atoms with Crippen LogP contribution in [-0.2, 0) is 17.4 Å². The average Bonchev–Trinajstić information content (AvgIpc) is 3.36. The van der Waals surface area contributed by atoms with Crippen LogP contribution in [0.1, 0.15) is 61.6 Å². The Kier molecular flexibility index (Phi) is 6.36. The average molecular weight is 474 g/mol. The Hall–Kier alpha value is -3.19. The Morgan fingerprint density at radius 3 is 2.63 bits per heavy atom. The van der Waals surface area contributed by atoms with E-state index in [1.165, 1.54) is 0 Å². The van der Waals surface area contributed by atoms with Crippen molar-refractivity contribution < 1.29 is 9.59 Å². The summed E-state index contributed by atoms with van der Waals surface area (Å²) in [5.74, 6) is -0.134. The van der Waals surface area contributed by atoms with Crippen molar-refractivity contribution in [2.24, 2.45) is 24.6 Å². The molecule has 0 bridgehead atoms. The summed E-state index contributed by atoms with van der Waals surface area (Å²) < 4.78 is 1.92. The molecule has 2 aliphatic carbocycles. The molecule has 2 fully saturated rings. The number of pyridine rings is 1. The van der Waals surface area contributed by atoms with Crippen LogP contribution in [0.3, 0.4) is 0 Å². The highest BCUT2D eigenvalue weighted by Crippen LogP contribution is 2.41. The first kappa shape index (κ1) is 23.5. The van der Waals surface area contributed by atoms with Crippen LogP contribution in [0.2, 0.25) is 0 Å². The third-order valence-electron chi connectivity index (χ3n) is 8.19. The fraction of sp³-hybridized carbons (Fsp3) is 0.464. The minimum atomic E-state index is -0.548. The summed E-state index contributed by atoms with van der Waals surface area (Å²) >= 11 is 0. The third kappa shape index (κ3) is 4.45. The molecule has 2 saturated carbocycles. The third-order valence-corrected chi connectivity index (χ3v) is 8.19. The first-order chi connectivity index (χ1) is 16.9. The predicted octanol–water partition coefficient (Wildman–Crippen LogP) is 3.63. The quantitative estimate of drug-likeness (QED) is 0.527. The zero-order valence-corrected chi connectivity index (χ0v) is 20.5. The maximum atomic E-state index is 13.4. The summed E-state index contributed by atoms with van der Waals surface area (Å²) in [7, 11) is 1.91. The zero-order chi connectivity index (χ0) is 24.6. The van der Waals surface area contributed by atoms with Crippen molar-refractivity contribution in [3.63, 3.8) is 0 Å². The molecule has 2 aromatic heterocycles. The van der Waals surface area contributed by atoms with Gasteiger partial charge in [0.25, 0.3) is 5.91 Å². The molecule has 7 heteroatoms. The fourth-order valence-corrected chi connectivity index (χ4v) is 6.11. The number of nitrogens with zero attached hydrogens (tertiary/aromatic N) is 2. The Labute approximate surface area is 206 Å². The number of nitrogens with one attached hydrogen (secondary N) is 2. The van der Waals surface area contributed by atoms with Gasteiger partial charge in [-0.2, -0.15) is 0 Å². The second-order valence-corrected chi connectivity index (χ2v) is 10.4. The van der Waals surface area contributed by atoms with Gasteiger partial charge in [0.15, 0.2) is 0 Å². The van der Waals surface area contributed by atoms with Gasteiger partial charge in [-0.3, -0.25) is 14.6 Å². The molecule has 3 unspecified atom stereocenters. The van der Waals surface area contributed by atoms with Crippen LogP contribution in [0.5, 0.6) is 0 Å². The molecule has 5 rings (SSSR count). The molecule has 4 N–H and O–H groups in total. The van der Waals surface area contributed by atoms with Gasteiger partial charge in [0, 0.05) is 36.2 Å². The number of fused-ring (bicyclic) bond motifs is 1. The molecule has 5 atom stereocenters. The normalized spacial score (nSPS) is 28.7. The van der Waals surface area contributed by atoms with E-state index in [1.54, 1.807) is 6.20 Å². The van der Waals surface area contributed by atoms with Crippen molar-refractivity contribution in [3.8, 4) is 0 Å². The van der Waals surface area contributed by atoms with Crippen molar-refractivity contribution >= 4 is 22.7 Å². The molecule has 35 heavy (non-hydrogen) atoms. The molecular formula is C28H35N5O2. The fourth-order valence-electron chi connectivity index (χ4n) is 6.11. The first-order valence-electron chi connectivity index (χ1n) is 12.7. The van der Waals surface area contributed by atoms with Crippen LogP contribution in [0, 0.1) is 11.8 Å². The second-order valence-electron chi connectivity index (χ2n) is 10.4. The Balaban J connectivity index is 1.27. The topological polar surface area (TPSA) is 102 Å². The summed E-state index contributed by atoms with van der Waals surface area (Å²) in [6.45, 7) is 2.13. The van der Waals surface area contributed by atoms with Crippen LogP contribution in [0.25, 0.3) is 10.9 Å². The second kappa shape index (κ2) is 9.46. The number of carbonyl (C=O) groups excluding carboxylic acids is 2. The molecule has 7 nitrogen and oxygen atoms in total. The van der Waals surface area contributed by atoms with E-state index in [4.69, 9.17) is 5.73 Å². The number of hydrogen-bond acceptors (Lipinski definition) is 4. The number of rotatable bonds is 5. The standard InChI is InChI=1S/C28H35N5O2/c1-18-15-20(17-28(18,29)25-13-7-8-14-30-25)31-26(34)21-10-4-5-11-22(21)32-27(35)24-16-19-9-3-6-12-23(19)33(24)2/h3,6-9,12-14,16,18,20-22H,4-5,10-11,15,17,29H2,1-2H3,(H,31,34)(H,32,35)/t18?,20?,21-,22+,28?/m1/s1. The summed E-state index contributed by atoms with van der Waals surface area (Å²) in [5, 5.41) is 7.50. The number of aryl methyl sites for hydroxylation is 1. The largest absolute Gasteiger partial charge is 0.353 e. The van der Waals surface area contributed by atoms with Gasteiger partial charge in [-0.25, -0.2) is 0 Å². The molecular weight excluding hydrogens is 438 g/mol. The molecule has 3 aromatic rings. The number of carbonyl (C=O) groups is 2. The van der Waals surface area contributed by atoms with Crippen molar-refractivity contribution in [1.29, 1.82) is 0 Å². The maximum Gasteiger partial charge on any atom is 0.268 e. The number of hydrogen-bond donors (Lipinski definition) is 3. The van der Waals surface area contributed by atoms with E-state index in [0.29, 0.717) is 12.1 Å². The Morgan fingerprint density at radius 2 is 1.86 bits per heavy atom. The lowest BCUT2D eigenvalue weighted by Gasteiger charge is -2.32. The number of benzene rings is 1. The lowest BCUT2D eigenvalue weighted by atomic mass is 9.83. The van der Waals surface area contributed by atoms with Gasteiger partial charge in [-0.1, -0.05) is 44.0 Å². The lowest BCUT2D eigenvalue weighted by Crippen LogP contribution is -2.50. The summed E-state index contributed by atoms with van der Waals surface area (Å²) in [5.41, 5.74) is 8.76. The molecule has 184 valence electrons. The van der Waals surface area contributed by atoms with Crippen LogP contribution >= 0.6 is 0 Å². The van der Waals surface area contributed by atoms with Gasteiger partial charge in [0.2, 0.25) is 5.91 Å².